The third-order valence-corrected chi connectivity index (χ3v) is 4.09. The molecule has 2 rings (SSSR count). The van der Waals surface area contributed by atoms with E-state index in [2.05, 4.69) is 41.2 Å². The van der Waals surface area contributed by atoms with Crippen LogP contribution in [-0.4, -0.2) is 57.5 Å². The Kier molecular flexibility index (Phi) is 8.63. The molecule has 14 heteroatoms. The number of amides is 2. The van der Waals surface area contributed by atoms with E-state index in [0.29, 0.717) is 5.69 Å². The number of nitrogens with one attached hydrogen (secondary N) is 4. The number of anilines is 4. The topological polar surface area (TPSA) is 177 Å². The number of carbonyl (C=O) groups is 3. The fourth-order valence-corrected chi connectivity index (χ4v) is 2.68. The minimum Gasteiger partial charge on any atom is -0.506 e. The summed E-state index contributed by atoms with van der Waals surface area (Å²) in [7, 11) is 1.19. The third-order valence-electron chi connectivity index (χ3n) is 3.27. The van der Waals surface area contributed by atoms with Gasteiger partial charge in [-0.2, -0.15) is 15.0 Å². The van der Waals surface area contributed by atoms with Gasteiger partial charge in [-0.1, -0.05) is 11.8 Å². The molecule has 0 aliphatic heterocycles. The number of hydrogen-bond acceptors (Lipinski definition) is 12. The average molecular weight is 451 g/mol. The number of ether oxygens (including phenoxy) is 2. The van der Waals surface area contributed by atoms with Crippen molar-refractivity contribution in [3.05, 3.63) is 18.2 Å². The maximum atomic E-state index is 11.6. The molecule has 0 atom stereocenters. The van der Waals surface area contributed by atoms with Crippen LogP contribution in [0.3, 0.4) is 0 Å². The second-order valence-electron chi connectivity index (χ2n) is 5.64. The molecule has 0 radical (unpaired) electrons. The Morgan fingerprint density at radius 3 is 2.55 bits per heavy atom. The lowest BCUT2D eigenvalue weighted by atomic mass is 10.2. The van der Waals surface area contributed by atoms with Gasteiger partial charge in [0.2, 0.25) is 17.8 Å². The number of phenolic OH excluding ortho intramolecular Hbond substituents is 1. The van der Waals surface area contributed by atoms with Gasteiger partial charge in [-0.05, 0) is 19.1 Å². The first kappa shape index (κ1) is 23.5. The molecule has 0 saturated carbocycles. The number of aromatic hydroxyl groups is 1. The molecule has 0 unspecified atom stereocenters. The van der Waals surface area contributed by atoms with Crippen LogP contribution in [0.15, 0.2) is 23.4 Å². The van der Waals surface area contributed by atoms with Crippen molar-refractivity contribution < 1.29 is 29.0 Å². The van der Waals surface area contributed by atoms with Gasteiger partial charge >= 0.3 is 12.1 Å². The number of carbonyl (C=O) groups excluding carboxylic acids is 3. The predicted octanol–water partition coefficient (Wildman–Crippen LogP) is 1.62. The van der Waals surface area contributed by atoms with Crippen LogP contribution < -0.4 is 21.5 Å². The molecular weight excluding hydrogens is 430 g/mol. The Labute approximate surface area is 181 Å². The van der Waals surface area contributed by atoms with Gasteiger partial charge in [0.05, 0.1) is 25.2 Å². The molecule has 0 bridgehead atoms. The number of esters is 1. The summed E-state index contributed by atoms with van der Waals surface area (Å²) in [6.45, 7) is 3.26. The molecule has 31 heavy (non-hydrogen) atoms. The number of phenols is 1. The van der Waals surface area contributed by atoms with E-state index in [-0.39, 0.29) is 46.8 Å². The molecule has 0 saturated heterocycles. The molecule has 2 amide bonds. The number of rotatable bonds is 9. The summed E-state index contributed by atoms with van der Waals surface area (Å²) >= 11 is 1.00. The van der Waals surface area contributed by atoms with E-state index < -0.39 is 12.1 Å². The van der Waals surface area contributed by atoms with Gasteiger partial charge in [0.25, 0.3) is 0 Å². The molecule has 0 fully saturated rings. The number of hydrogen-bond donors (Lipinski definition) is 5. The van der Waals surface area contributed by atoms with Gasteiger partial charge in [-0.3, -0.25) is 15.0 Å². The van der Waals surface area contributed by atoms with E-state index in [4.69, 9.17) is 4.74 Å². The Bertz CT molecular complexity index is 959. The second-order valence-corrected chi connectivity index (χ2v) is 6.58. The number of methoxy groups -OCH3 is 1. The summed E-state index contributed by atoms with van der Waals surface area (Å²) in [6.07, 6.45) is -0.769. The Morgan fingerprint density at radius 2 is 1.90 bits per heavy atom. The molecule has 2 aromatic rings. The molecule has 1 heterocycles. The fourth-order valence-electron chi connectivity index (χ4n) is 2.05. The highest BCUT2D eigenvalue weighted by Gasteiger charge is 2.12. The summed E-state index contributed by atoms with van der Waals surface area (Å²) in [6, 6.07) is 4.44. The maximum absolute atomic E-state index is 11.6. The number of thioether (sulfide) groups is 1. The smallest absolute Gasteiger partial charge is 0.425 e. The molecular formula is C17H21N7O6S. The lowest BCUT2D eigenvalue weighted by Gasteiger charge is -2.11. The largest absolute Gasteiger partial charge is 0.506 e. The van der Waals surface area contributed by atoms with Crippen molar-refractivity contribution >= 4 is 53.0 Å². The van der Waals surface area contributed by atoms with Gasteiger partial charge in [-0.25, -0.2) is 10.2 Å². The summed E-state index contributed by atoms with van der Waals surface area (Å²) in [5.41, 5.74) is 5.33. The molecule has 13 nitrogen and oxygen atoms in total. The standard InChI is InChI=1S/C17H21N7O6S/c1-4-30-13(27)8-31-16-21-14(20-15(22-16)23-24-17(28)29-3)19-10-5-6-11(12(26)7-10)18-9(2)25/h5-7,26H,4,8H2,1-3H3,(H,18,25)(H,24,28)(H2,19,20,21,22,23). The van der Waals surface area contributed by atoms with Gasteiger partial charge in [-0.15, -0.1) is 0 Å². The summed E-state index contributed by atoms with van der Waals surface area (Å²) in [5.74, 6) is -0.950. The zero-order chi connectivity index (χ0) is 22.8. The van der Waals surface area contributed by atoms with Crippen molar-refractivity contribution in [2.24, 2.45) is 0 Å². The van der Waals surface area contributed by atoms with Crippen molar-refractivity contribution in [2.75, 3.05) is 35.5 Å². The highest BCUT2D eigenvalue weighted by Crippen LogP contribution is 2.28. The molecule has 1 aromatic carbocycles. The molecule has 166 valence electrons. The number of benzene rings is 1. The lowest BCUT2D eigenvalue weighted by Crippen LogP contribution is -2.30. The van der Waals surface area contributed by atoms with Crippen molar-refractivity contribution in [3.63, 3.8) is 0 Å². The van der Waals surface area contributed by atoms with E-state index >= 15 is 0 Å². The quantitative estimate of drug-likeness (QED) is 0.161. The van der Waals surface area contributed by atoms with Crippen LogP contribution in [0.25, 0.3) is 0 Å². The predicted molar refractivity (Wildman–Crippen MR) is 112 cm³/mol. The normalized spacial score (nSPS) is 10.0. The number of nitrogens with zero attached hydrogens (tertiary/aromatic N) is 3. The van der Waals surface area contributed by atoms with Gasteiger partial charge in [0, 0.05) is 18.7 Å². The van der Waals surface area contributed by atoms with Crippen LogP contribution >= 0.6 is 11.8 Å². The fraction of sp³-hybridized carbons (Fsp3) is 0.294. The zero-order valence-electron chi connectivity index (χ0n) is 16.9. The van der Waals surface area contributed by atoms with Crippen LogP contribution in [0, 0.1) is 0 Å². The Balaban J connectivity index is 2.22. The van der Waals surface area contributed by atoms with E-state index in [1.54, 1.807) is 13.0 Å². The molecule has 0 aliphatic carbocycles. The van der Waals surface area contributed by atoms with Gasteiger partial charge < -0.3 is 25.2 Å². The average Bonchev–Trinajstić information content (AvgIpc) is 2.72. The van der Waals surface area contributed by atoms with Crippen LogP contribution in [0.1, 0.15) is 13.8 Å². The van der Waals surface area contributed by atoms with Gasteiger partial charge in [0.1, 0.15) is 5.75 Å². The first-order chi connectivity index (χ1) is 14.8. The zero-order valence-corrected chi connectivity index (χ0v) is 17.7. The molecule has 5 N–H and O–H groups in total. The van der Waals surface area contributed by atoms with Crippen LogP contribution in [0.2, 0.25) is 0 Å². The van der Waals surface area contributed by atoms with Crippen LogP contribution in [0.5, 0.6) is 5.75 Å². The van der Waals surface area contributed by atoms with Gasteiger partial charge in [0.15, 0.2) is 5.16 Å². The number of hydrazine groups is 1. The molecule has 1 aromatic heterocycles. The Hall–Kier alpha value is -3.81. The monoisotopic (exact) mass is 451 g/mol. The van der Waals surface area contributed by atoms with Crippen molar-refractivity contribution in [1.82, 2.24) is 20.4 Å². The summed E-state index contributed by atoms with van der Waals surface area (Å²) in [5, 5.41) is 15.6. The van der Waals surface area contributed by atoms with E-state index in [0.717, 1.165) is 11.8 Å². The summed E-state index contributed by atoms with van der Waals surface area (Å²) in [4.78, 5) is 46.4. The first-order valence-corrected chi connectivity index (χ1v) is 9.81. The minimum absolute atomic E-state index is 0.0339. The van der Waals surface area contributed by atoms with E-state index in [1.165, 1.54) is 26.2 Å². The van der Waals surface area contributed by atoms with E-state index in [1.807, 2.05) is 0 Å². The highest BCUT2D eigenvalue weighted by atomic mass is 32.2. The first-order valence-electron chi connectivity index (χ1n) is 8.82. The van der Waals surface area contributed by atoms with Crippen molar-refractivity contribution in [2.45, 2.75) is 19.0 Å². The molecule has 0 aliphatic rings. The highest BCUT2D eigenvalue weighted by molar-refractivity contribution is 7.99. The maximum Gasteiger partial charge on any atom is 0.425 e. The minimum atomic E-state index is -0.769. The number of aromatic nitrogens is 3. The van der Waals surface area contributed by atoms with Crippen molar-refractivity contribution in [1.29, 1.82) is 0 Å². The van der Waals surface area contributed by atoms with Crippen LogP contribution in [-0.2, 0) is 19.1 Å². The Morgan fingerprint density at radius 1 is 1.16 bits per heavy atom. The lowest BCUT2D eigenvalue weighted by molar-refractivity contribution is -0.139. The third kappa shape index (κ3) is 7.85. The SMILES string of the molecule is CCOC(=O)CSc1nc(NNC(=O)OC)nc(Nc2ccc(NC(C)=O)c(O)c2)n1. The second kappa shape index (κ2) is 11.4. The van der Waals surface area contributed by atoms with Crippen LogP contribution in [0.4, 0.5) is 28.1 Å². The van der Waals surface area contributed by atoms with Crippen molar-refractivity contribution in [3.8, 4) is 5.75 Å². The molecule has 0 spiro atoms. The summed E-state index contributed by atoms with van der Waals surface area (Å²) < 4.78 is 9.33. The van der Waals surface area contributed by atoms with E-state index in [9.17, 15) is 19.5 Å².